The maximum Gasteiger partial charge on any atom is 0.252 e. The summed E-state index contributed by atoms with van der Waals surface area (Å²) in [5.74, 6) is 0.554. The maximum atomic E-state index is 12.0. The van der Waals surface area contributed by atoms with Gasteiger partial charge in [-0.2, -0.15) is 0 Å². The highest BCUT2D eigenvalue weighted by Gasteiger charge is 2.14. The minimum Gasteiger partial charge on any atom is -0.383 e. The molecule has 1 aromatic carbocycles. The van der Waals surface area contributed by atoms with Gasteiger partial charge in [-0.05, 0) is 43.4 Å². The number of hydrogen-bond donors (Lipinski definition) is 2. The Morgan fingerprint density at radius 3 is 2.48 bits per heavy atom. The zero-order valence-electron chi connectivity index (χ0n) is 15.9. The Hall–Kier alpha value is -2.64. The molecular formula is C20H27N5O2. The van der Waals surface area contributed by atoms with Crippen LogP contribution in [0.2, 0.25) is 0 Å². The summed E-state index contributed by atoms with van der Waals surface area (Å²) in [5.41, 5.74) is 2.74. The van der Waals surface area contributed by atoms with Crippen molar-refractivity contribution < 1.29 is 9.53 Å². The van der Waals surface area contributed by atoms with Crippen molar-refractivity contribution in [3.8, 4) is 0 Å². The first-order chi connectivity index (χ1) is 13.2. The molecule has 0 unspecified atom stereocenters. The van der Waals surface area contributed by atoms with Crippen LogP contribution in [0.25, 0.3) is 0 Å². The lowest BCUT2D eigenvalue weighted by Gasteiger charge is -2.34. The van der Waals surface area contributed by atoms with Gasteiger partial charge in [0.1, 0.15) is 5.82 Å². The number of carbonyl (C=O) groups is 1. The predicted molar refractivity (Wildman–Crippen MR) is 108 cm³/mol. The Bertz CT molecular complexity index is 725. The molecule has 2 N–H and O–H groups in total. The third-order valence-corrected chi connectivity index (χ3v) is 4.63. The van der Waals surface area contributed by atoms with Gasteiger partial charge in [0.25, 0.3) is 5.91 Å². The molecule has 1 aromatic heterocycles. The number of nitrogens with one attached hydrogen (secondary N) is 2. The van der Waals surface area contributed by atoms with Crippen LogP contribution < -0.4 is 15.5 Å². The van der Waals surface area contributed by atoms with E-state index in [1.165, 1.54) is 5.69 Å². The van der Waals surface area contributed by atoms with Gasteiger partial charge in [0.05, 0.1) is 12.2 Å². The quantitative estimate of drug-likeness (QED) is 0.727. The molecule has 0 saturated carbocycles. The van der Waals surface area contributed by atoms with Crippen molar-refractivity contribution in [3.05, 3.63) is 48.2 Å². The number of piperazine rings is 1. The van der Waals surface area contributed by atoms with Crippen molar-refractivity contribution in [3.63, 3.8) is 0 Å². The number of rotatable bonds is 7. The fourth-order valence-corrected chi connectivity index (χ4v) is 2.94. The van der Waals surface area contributed by atoms with Crippen molar-refractivity contribution in [2.24, 2.45) is 0 Å². The Labute approximate surface area is 160 Å². The summed E-state index contributed by atoms with van der Waals surface area (Å²) in [4.78, 5) is 21.0. The monoisotopic (exact) mass is 369 g/mol. The summed E-state index contributed by atoms with van der Waals surface area (Å²) in [7, 11) is 3.76. The highest BCUT2D eigenvalue weighted by atomic mass is 16.5. The van der Waals surface area contributed by atoms with E-state index in [1.54, 1.807) is 25.4 Å². The molecule has 0 radical (unpaired) electrons. The first-order valence-corrected chi connectivity index (χ1v) is 9.19. The third kappa shape index (κ3) is 5.42. The second-order valence-corrected chi connectivity index (χ2v) is 6.64. The van der Waals surface area contributed by atoms with Crippen molar-refractivity contribution >= 4 is 23.1 Å². The molecule has 0 bridgehead atoms. The van der Waals surface area contributed by atoms with E-state index >= 15 is 0 Å². The summed E-state index contributed by atoms with van der Waals surface area (Å²) < 4.78 is 4.92. The minimum atomic E-state index is -0.150. The summed E-state index contributed by atoms with van der Waals surface area (Å²) in [6, 6.07) is 11.9. The minimum absolute atomic E-state index is 0.150. The standard InChI is InChI=1S/C20H27N5O2/c1-24-10-12-25(13-11-24)18-6-4-17(5-7-18)23-19-8-3-16(15-22-19)20(26)21-9-14-27-2/h3-8,15H,9-14H2,1-2H3,(H,21,26)(H,22,23). The van der Waals surface area contributed by atoms with Gasteiger partial charge in [-0.15, -0.1) is 0 Å². The van der Waals surface area contributed by atoms with Crippen LogP contribution in [0.4, 0.5) is 17.2 Å². The fraction of sp³-hybridized carbons (Fsp3) is 0.400. The topological polar surface area (TPSA) is 69.7 Å². The average Bonchev–Trinajstić information content (AvgIpc) is 2.70. The summed E-state index contributed by atoms with van der Waals surface area (Å²) in [6.07, 6.45) is 1.57. The molecule has 1 saturated heterocycles. The Morgan fingerprint density at radius 2 is 1.85 bits per heavy atom. The molecule has 1 fully saturated rings. The fourth-order valence-electron chi connectivity index (χ4n) is 2.94. The number of hydrogen-bond acceptors (Lipinski definition) is 6. The van der Waals surface area contributed by atoms with E-state index in [9.17, 15) is 4.79 Å². The van der Waals surface area contributed by atoms with Crippen LogP contribution in [0.1, 0.15) is 10.4 Å². The molecule has 3 rings (SSSR count). The van der Waals surface area contributed by atoms with Crippen LogP contribution in [0, 0.1) is 0 Å². The molecule has 7 nitrogen and oxygen atoms in total. The van der Waals surface area contributed by atoms with E-state index in [-0.39, 0.29) is 5.91 Å². The summed E-state index contributed by atoms with van der Waals surface area (Å²) in [5, 5.41) is 6.05. The van der Waals surface area contributed by atoms with Gasteiger partial charge in [-0.3, -0.25) is 4.79 Å². The normalized spacial score (nSPS) is 14.8. The van der Waals surface area contributed by atoms with Gasteiger partial charge in [0, 0.05) is 57.4 Å². The van der Waals surface area contributed by atoms with Crippen molar-refractivity contribution in [2.45, 2.75) is 0 Å². The van der Waals surface area contributed by atoms with Crippen LogP contribution in [-0.4, -0.2) is 69.3 Å². The number of pyridine rings is 1. The lowest BCUT2D eigenvalue weighted by molar-refractivity contribution is 0.0937. The highest BCUT2D eigenvalue weighted by Crippen LogP contribution is 2.21. The first kappa shape index (κ1) is 19.1. The van der Waals surface area contributed by atoms with E-state index in [2.05, 4.69) is 56.7 Å². The Kier molecular flexibility index (Phi) is 6.62. The number of amides is 1. The smallest absolute Gasteiger partial charge is 0.252 e. The molecule has 0 atom stereocenters. The van der Waals surface area contributed by atoms with Gasteiger partial charge in [-0.1, -0.05) is 0 Å². The van der Waals surface area contributed by atoms with Crippen LogP contribution in [0.5, 0.6) is 0 Å². The van der Waals surface area contributed by atoms with Crippen molar-refractivity contribution in [1.82, 2.24) is 15.2 Å². The van der Waals surface area contributed by atoms with Crippen LogP contribution in [-0.2, 0) is 4.74 Å². The lowest BCUT2D eigenvalue weighted by atomic mass is 10.2. The lowest BCUT2D eigenvalue weighted by Crippen LogP contribution is -2.44. The summed E-state index contributed by atoms with van der Waals surface area (Å²) >= 11 is 0. The molecule has 2 aromatic rings. The number of likely N-dealkylation sites (N-methyl/N-ethyl adjacent to an activating group) is 1. The largest absolute Gasteiger partial charge is 0.383 e. The van der Waals surface area contributed by atoms with E-state index in [0.717, 1.165) is 31.9 Å². The van der Waals surface area contributed by atoms with Crippen molar-refractivity contribution in [1.29, 1.82) is 0 Å². The van der Waals surface area contributed by atoms with Crippen LogP contribution in [0.3, 0.4) is 0 Å². The first-order valence-electron chi connectivity index (χ1n) is 9.19. The molecule has 0 aliphatic carbocycles. The van der Waals surface area contributed by atoms with Gasteiger partial charge < -0.3 is 25.2 Å². The van der Waals surface area contributed by atoms with Gasteiger partial charge in [0.2, 0.25) is 0 Å². The number of carbonyl (C=O) groups excluding carboxylic acids is 1. The van der Waals surface area contributed by atoms with Crippen molar-refractivity contribution in [2.75, 3.05) is 63.7 Å². The van der Waals surface area contributed by atoms with Gasteiger partial charge >= 0.3 is 0 Å². The molecule has 1 aliphatic rings. The van der Waals surface area contributed by atoms with Crippen LogP contribution >= 0.6 is 0 Å². The molecular weight excluding hydrogens is 342 g/mol. The predicted octanol–water partition coefficient (Wildman–Crippen LogP) is 1.95. The van der Waals surface area contributed by atoms with Gasteiger partial charge in [-0.25, -0.2) is 4.98 Å². The third-order valence-electron chi connectivity index (χ3n) is 4.63. The van der Waals surface area contributed by atoms with E-state index < -0.39 is 0 Å². The molecule has 7 heteroatoms. The highest BCUT2D eigenvalue weighted by molar-refractivity contribution is 5.94. The number of methoxy groups -OCH3 is 1. The number of benzene rings is 1. The molecule has 1 amide bonds. The average molecular weight is 369 g/mol. The van der Waals surface area contributed by atoms with E-state index in [4.69, 9.17) is 4.74 Å². The number of anilines is 3. The van der Waals surface area contributed by atoms with E-state index in [0.29, 0.717) is 24.5 Å². The second kappa shape index (κ2) is 9.34. The zero-order chi connectivity index (χ0) is 19.1. The second-order valence-electron chi connectivity index (χ2n) is 6.64. The number of ether oxygens (including phenoxy) is 1. The maximum absolute atomic E-state index is 12.0. The molecule has 2 heterocycles. The van der Waals surface area contributed by atoms with Crippen LogP contribution in [0.15, 0.2) is 42.6 Å². The number of nitrogens with zero attached hydrogens (tertiary/aromatic N) is 3. The molecule has 1 aliphatic heterocycles. The Balaban J connectivity index is 1.55. The van der Waals surface area contributed by atoms with Gasteiger partial charge in [0.15, 0.2) is 0 Å². The molecule has 0 spiro atoms. The number of aromatic nitrogens is 1. The zero-order valence-corrected chi connectivity index (χ0v) is 15.9. The Morgan fingerprint density at radius 1 is 1.11 bits per heavy atom. The summed E-state index contributed by atoms with van der Waals surface area (Å²) in [6.45, 7) is 5.26. The SMILES string of the molecule is COCCNC(=O)c1ccc(Nc2ccc(N3CCN(C)CC3)cc2)nc1. The molecule has 144 valence electrons. The van der Waals surface area contributed by atoms with E-state index in [1.807, 2.05) is 0 Å². The molecule has 27 heavy (non-hydrogen) atoms.